The van der Waals surface area contributed by atoms with Gasteiger partial charge in [-0.05, 0) is 18.2 Å². The van der Waals surface area contributed by atoms with Crippen LogP contribution in [0.2, 0.25) is 0 Å². The normalized spacial score (nSPS) is 11.6. The first-order chi connectivity index (χ1) is 8.88. The molecule has 0 amide bonds. The third kappa shape index (κ3) is 3.01. The van der Waals surface area contributed by atoms with Crippen molar-refractivity contribution in [3.05, 3.63) is 41.5 Å². The summed E-state index contributed by atoms with van der Waals surface area (Å²) in [4.78, 5) is 0. The van der Waals surface area contributed by atoms with Crippen molar-refractivity contribution in [2.45, 2.75) is 12.7 Å². The highest BCUT2D eigenvalue weighted by Crippen LogP contribution is 2.31. The number of hydrogen-bond acceptors (Lipinski definition) is 3. The molecule has 0 aliphatic rings. The van der Waals surface area contributed by atoms with Gasteiger partial charge in [-0.3, -0.25) is 4.68 Å². The number of hydrogen-bond donors (Lipinski definition) is 1. The highest BCUT2D eigenvalue weighted by Gasteiger charge is 2.31. The van der Waals surface area contributed by atoms with Crippen LogP contribution in [0.25, 0.3) is 0 Å². The second-order valence-corrected chi connectivity index (χ2v) is 3.89. The molecular weight excluding hydrogens is 264 g/mol. The Labute approximate surface area is 106 Å². The van der Waals surface area contributed by atoms with Crippen molar-refractivity contribution in [2.75, 3.05) is 5.32 Å². The topological polar surface area (TPSA) is 42.7 Å². The molecule has 0 saturated heterocycles. The van der Waals surface area contributed by atoms with Crippen LogP contribution in [-0.4, -0.2) is 15.0 Å². The van der Waals surface area contributed by atoms with E-state index in [-0.39, 0.29) is 12.2 Å². The summed E-state index contributed by atoms with van der Waals surface area (Å²) in [6.45, 7) is 0.127. The second-order valence-electron chi connectivity index (χ2n) is 3.89. The fraction of sp³-hybridized carbons (Fsp3) is 0.273. The molecule has 102 valence electrons. The first-order valence-electron chi connectivity index (χ1n) is 5.32. The molecule has 0 atom stereocenters. The number of aryl methyl sites for hydroxylation is 1. The maximum atomic E-state index is 13.4. The Morgan fingerprint density at radius 1 is 1.32 bits per heavy atom. The Kier molecular flexibility index (Phi) is 3.41. The number of aromatic nitrogens is 3. The molecule has 0 saturated carbocycles. The van der Waals surface area contributed by atoms with Gasteiger partial charge in [0.15, 0.2) is 0 Å². The second kappa shape index (κ2) is 4.87. The van der Waals surface area contributed by atoms with Crippen molar-refractivity contribution >= 4 is 5.69 Å². The molecule has 0 aliphatic carbocycles. The lowest BCUT2D eigenvalue weighted by Gasteiger charge is -2.11. The largest absolute Gasteiger partial charge is 0.416 e. The van der Waals surface area contributed by atoms with Crippen LogP contribution in [0.5, 0.6) is 0 Å². The molecule has 2 rings (SSSR count). The quantitative estimate of drug-likeness (QED) is 0.875. The van der Waals surface area contributed by atoms with Crippen molar-refractivity contribution in [1.29, 1.82) is 0 Å². The number of alkyl halides is 3. The molecule has 1 aromatic heterocycles. The molecule has 1 heterocycles. The van der Waals surface area contributed by atoms with Gasteiger partial charge in [-0.2, -0.15) is 13.2 Å². The molecule has 4 nitrogen and oxygen atoms in total. The molecule has 1 N–H and O–H groups in total. The highest BCUT2D eigenvalue weighted by molar-refractivity contribution is 5.48. The van der Waals surface area contributed by atoms with Crippen molar-refractivity contribution in [1.82, 2.24) is 15.0 Å². The van der Waals surface area contributed by atoms with E-state index in [0.717, 1.165) is 12.1 Å². The smallest absolute Gasteiger partial charge is 0.377 e. The summed E-state index contributed by atoms with van der Waals surface area (Å²) < 4.78 is 52.4. The van der Waals surface area contributed by atoms with Crippen LogP contribution in [0.15, 0.2) is 24.4 Å². The van der Waals surface area contributed by atoms with Gasteiger partial charge < -0.3 is 5.32 Å². The monoisotopic (exact) mass is 274 g/mol. The molecule has 0 radical (unpaired) electrons. The Hall–Kier alpha value is -2.12. The lowest BCUT2D eigenvalue weighted by molar-refractivity contribution is -0.137. The number of nitrogens with zero attached hydrogens (tertiary/aromatic N) is 3. The lowest BCUT2D eigenvalue weighted by Crippen LogP contribution is -2.09. The number of halogens is 4. The average molecular weight is 274 g/mol. The Bertz CT molecular complexity index is 576. The van der Waals surface area contributed by atoms with Crippen molar-refractivity contribution in [3.63, 3.8) is 0 Å². The van der Waals surface area contributed by atoms with Crippen LogP contribution in [0.3, 0.4) is 0 Å². The van der Waals surface area contributed by atoms with Crippen molar-refractivity contribution < 1.29 is 17.6 Å². The van der Waals surface area contributed by atoms with E-state index in [0.29, 0.717) is 11.8 Å². The van der Waals surface area contributed by atoms with E-state index >= 15 is 0 Å². The predicted molar refractivity (Wildman–Crippen MR) is 59.7 cm³/mol. The van der Waals surface area contributed by atoms with Crippen LogP contribution in [-0.2, 0) is 19.8 Å². The molecule has 1 aromatic carbocycles. The summed E-state index contributed by atoms with van der Waals surface area (Å²) >= 11 is 0. The SMILES string of the molecule is Cn1nncc1CNc1cc(C(F)(F)F)ccc1F. The summed E-state index contributed by atoms with van der Waals surface area (Å²) in [6, 6.07) is 2.22. The van der Waals surface area contributed by atoms with E-state index in [1.165, 1.54) is 10.9 Å². The van der Waals surface area contributed by atoms with Gasteiger partial charge in [-0.1, -0.05) is 5.21 Å². The van der Waals surface area contributed by atoms with E-state index in [1.807, 2.05) is 0 Å². The minimum Gasteiger partial charge on any atom is -0.377 e. The van der Waals surface area contributed by atoms with E-state index in [2.05, 4.69) is 15.6 Å². The zero-order valence-corrected chi connectivity index (χ0v) is 9.87. The number of benzene rings is 1. The first kappa shape index (κ1) is 13.3. The Balaban J connectivity index is 2.18. The highest BCUT2D eigenvalue weighted by atomic mass is 19.4. The van der Waals surface area contributed by atoms with E-state index < -0.39 is 17.6 Å². The zero-order valence-electron chi connectivity index (χ0n) is 9.87. The van der Waals surface area contributed by atoms with Gasteiger partial charge in [0.2, 0.25) is 0 Å². The van der Waals surface area contributed by atoms with E-state index in [9.17, 15) is 17.6 Å². The molecular formula is C11H10F4N4. The maximum absolute atomic E-state index is 13.4. The minimum absolute atomic E-state index is 0.127. The standard InChI is InChI=1S/C11H10F4N4/c1-19-8(6-17-18-19)5-16-10-4-7(11(13,14)15)2-3-9(10)12/h2-4,6,16H,5H2,1H3. The molecule has 8 heteroatoms. The molecule has 0 spiro atoms. The predicted octanol–water partition coefficient (Wildman–Crippen LogP) is 2.59. The Morgan fingerprint density at radius 2 is 2.05 bits per heavy atom. The molecule has 19 heavy (non-hydrogen) atoms. The third-order valence-electron chi connectivity index (χ3n) is 2.56. The fourth-order valence-electron chi connectivity index (χ4n) is 1.49. The maximum Gasteiger partial charge on any atom is 0.416 e. The van der Waals surface area contributed by atoms with E-state index in [1.54, 1.807) is 7.05 Å². The van der Waals surface area contributed by atoms with Crippen molar-refractivity contribution in [2.24, 2.45) is 7.05 Å². The van der Waals surface area contributed by atoms with Crippen LogP contribution in [0, 0.1) is 5.82 Å². The molecule has 0 fully saturated rings. The Morgan fingerprint density at radius 3 is 2.63 bits per heavy atom. The van der Waals surface area contributed by atoms with Crippen LogP contribution < -0.4 is 5.32 Å². The van der Waals surface area contributed by atoms with Gasteiger partial charge in [-0.15, -0.1) is 5.10 Å². The minimum atomic E-state index is -4.50. The lowest BCUT2D eigenvalue weighted by atomic mass is 10.2. The molecule has 0 aliphatic heterocycles. The summed E-state index contributed by atoms with van der Waals surface area (Å²) in [5.74, 6) is -0.747. The van der Waals surface area contributed by atoms with Gasteiger partial charge in [-0.25, -0.2) is 4.39 Å². The molecule has 0 unspecified atom stereocenters. The fourth-order valence-corrected chi connectivity index (χ4v) is 1.49. The van der Waals surface area contributed by atoms with Gasteiger partial charge in [0.1, 0.15) is 5.82 Å². The number of nitrogens with one attached hydrogen (secondary N) is 1. The third-order valence-corrected chi connectivity index (χ3v) is 2.56. The van der Waals surface area contributed by atoms with Crippen LogP contribution in [0.4, 0.5) is 23.2 Å². The average Bonchev–Trinajstić information content (AvgIpc) is 2.72. The van der Waals surface area contributed by atoms with Gasteiger partial charge in [0.05, 0.1) is 29.7 Å². The van der Waals surface area contributed by atoms with Gasteiger partial charge >= 0.3 is 6.18 Å². The molecule has 2 aromatic rings. The van der Waals surface area contributed by atoms with Gasteiger partial charge in [0, 0.05) is 7.05 Å². The first-order valence-corrected chi connectivity index (χ1v) is 5.32. The van der Waals surface area contributed by atoms with E-state index in [4.69, 9.17) is 0 Å². The number of anilines is 1. The molecule has 0 bridgehead atoms. The summed E-state index contributed by atoms with van der Waals surface area (Å²) in [6.07, 6.45) is -3.06. The number of rotatable bonds is 3. The summed E-state index contributed by atoms with van der Waals surface area (Å²) in [7, 11) is 1.63. The van der Waals surface area contributed by atoms with Crippen LogP contribution in [0.1, 0.15) is 11.3 Å². The van der Waals surface area contributed by atoms with Crippen molar-refractivity contribution in [3.8, 4) is 0 Å². The zero-order chi connectivity index (χ0) is 14.0. The summed E-state index contributed by atoms with van der Waals surface area (Å²) in [5.41, 5.74) is -0.493. The van der Waals surface area contributed by atoms with Gasteiger partial charge in [0.25, 0.3) is 0 Å². The van der Waals surface area contributed by atoms with Crippen LogP contribution >= 0.6 is 0 Å². The summed E-state index contributed by atoms with van der Waals surface area (Å²) in [5, 5.41) is 9.87.